The molecule has 3 aromatic heterocycles. The monoisotopic (exact) mass is 311 g/mol. The van der Waals surface area contributed by atoms with E-state index >= 15 is 0 Å². The number of nitrogens with zero attached hydrogens (tertiary/aromatic N) is 1. The fourth-order valence-electron chi connectivity index (χ4n) is 2.61. The van der Waals surface area contributed by atoms with E-state index in [9.17, 15) is 0 Å². The number of benzene rings is 1. The van der Waals surface area contributed by atoms with E-state index in [1.54, 1.807) is 22.7 Å². The third-order valence-corrected chi connectivity index (χ3v) is 5.74. The molecule has 0 fully saturated rings. The van der Waals surface area contributed by atoms with Crippen molar-refractivity contribution in [3.8, 4) is 0 Å². The van der Waals surface area contributed by atoms with E-state index in [-0.39, 0.29) is 6.04 Å². The Morgan fingerprint density at radius 2 is 2.00 bits per heavy atom. The normalized spacial score (nSPS) is 13.0. The highest BCUT2D eigenvalue weighted by atomic mass is 32.1. The molecule has 21 heavy (non-hydrogen) atoms. The van der Waals surface area contributed by atoms with Crippen molar-refractivity contribution in [1.29, 1.82) is 0 Å². The lowest BCUT2D eigenvalue weighted by Gasteiger charge is -2.16. The Labute approximate surface area is 130 Å². The first-order valence-electron chi connectivity index (χ1n) is 6.63. The predicted molar refractivity (Wildman–Crippen MR) is 90.6 cm³/mol. The third-order valence-electron chi connectivity index (χ3n) is 3.58. The number of thiophene rings is 2. The molecule has 3 heterocycles. The molecule has 1 aromatic carbocycles. The Morgan fingerprint density at radius 3 is 2.86 bits per heavy atom. The van der Waals surface area contributed by atoms with Crippen LogP contribution in [0.1, 0.15) is 16.5 Å². The van der Waals surface area contributed by atoms with Crippen LogP contribution in [-0.2, 0) is 0 Å². The molecule has 0 aliphatic carbocycles. The van der Waals surface area contributed by atoms with E-state index in [0.29, 0.717) is 0 Å². The predicted octanol–water partition coefficient (Wildman–Crippen LogP) is 4.06. The second-order valence-electron chi connectivity index (χ2n) is 4.82. The molecule has 3 nitrogen and oxygen atoms in total. The number of nitrogens with one attached hydrogen (secondary N) is 1. The molecule has 0 aliphatic rings. The van der Waals surface area contributed by atoms with Crippen LogP contribution in [0, 0.1) is 0 Å². The molecule has 0 aliphatic heterocycles. The third kappa shape index (κ3) is 2.15. The van der Waals surface area contributed by atoms with E-state index in [1.165, 1.54) is 14.3 Å². The molecule has 104 valence electrons. The maximum absolute atomic E-state index is 5.85. The lowest BCUT2D eigenvalue weighted by molar-refractivity contribution is 0.650. The number of fused-ring (bicyclic) bond motifs is 2. The van der Waals surface area contributed by atoms with Crippen molar-refractivity contribution in [2.24, 2.45) is 5.84 Å². The molecule has 0 amide bonds. The SMILES string of the molecule is NNC(c1cc2sccc2s1)c1cccc2cccnc12. The van der Waals surface area contributed by atoms with Crippen molar-refractivity contribution >= 4 is 43.0 Å². The number of para-hydroxylation sites is 1. The van der Waals surface area contributed by atoms with Gasteiger partial charge in [0.25, 0.3) is 0 Å². The minimum Gasteiger partial charge on any atom is -0.271 e. The number of aromatic nitrogens is 1. The van der Waals surface area contributed by atoms with E-state index < -0.39 is 0 Å². The quantitative estimate of drug-likeness (QED) is 0.443. The molecule has 4 aromatic rings. The van der Waals surface area contributed by atoms with Crippen molar-refractivity contribution < 1.29 is 0 Å². The van der Waals surface area contributed by atoms with Gasteiger partial charge in [-0.05, 0) is 23.6 Å². The van der Waals surface area contributed by atoms with Crippen LogP contribution in [0.5, 0.6) is 0 Å². The van der Waals surface area contributed by atoms with Crippen molar-refractivity contribution in [3.05, 3.63) is 64.5 Å². The largest absolute Gasteiger partial charge is 0.271 e. The highest BCUT2D eigenvalue weighted by Crippen LogP contribution is 2.36. The van der Waals surface area contributed by atoms with Crippen LogP contribution >= 0.6 is 22.7 Å². The molecular weight excluding hydrogens is 298 g/mol. The van der Waals surface area contributed by atoms with Crippen LogP contribution in [0.3, 0.4) is 0 Å². The van der Waals surface area contributed by atoms with Crippen molar-refractivity contribution in [2.45, 2.75) is 6.04 Å². The summed E-state index contributed by atoms with van der Waals surface area (Å²) in [4.78, 5) is 5.75. The standard InChI is InChI=1S/C16H13N3S2/c17-19-16(14-9-13-12(21-14)6-8-20-13)11-5-1-3-10-4-2-7-18-15(10)11/h1-9,16,19H,17H2. The number of rotatable bonds is 3. The van der Waals surface area contributed by atoms with Gasteiger partial charge in [-0.2, -0.15) is 0 Å². The molecule has 1 atom stereocenters. The zero-order chi connectivity index (χ0) is 14.2. The van der Waals surface area contributed by atoms with Crippen LogP contribution < -0.4 is 11.3 Å². The summed E-state index contributed by atoms with van der Waals surface area (Å²) in [6.45, 7) is 0. The van der Waals surface area contributed by atoms with Crippen molar-refractivity contribution in [2.75, 3.05) is 0 Å². The highest BCUT2D eigenvalue weighted by molar-refractivity contribution is 7.27. The van der Waals surface area contributed by atoms with Gasteiger partial charge in [0.05, 0.1) is 11.6 Å². The summed E-state index contributed by atoms with van der Waals surface area (Å²) in [6, 6.07) is 14.6. The first-order chi connectivity index (χ1) is 10.4. The van der Waals surface area contributed by atoms with Crippen LogP contribution in [0.25, 0.3) is 20.3 Å². The lowest BCUT2D eigenvalue weighted by Crippen LogP contribution is -2.28. The van der Waals surface area contributed by atoms with Gasteiger partial charge >= 0.3 is 0 Å². The van der Waals surface area contributed by atoms with E-state index in [4.69, 9.17) is 5.84 Å². The van der Waals surface area contributed by atoms with Crippen molar-refractivity contribution in [3.63, 3.8) is 0 Å². The van der Waals surface area contributed by atoms with Crippen LogP contribution in [0.4, 0.5) is 0 Å². The Bertz CT molecular complexity index is 876. The number of pyridine rings is 1. The summed E-state index contributed by atoms with van der Waals surface area (Å²) < 4.78 is 2.62. The molecule has 5 heteroatoms. The van der Waals surface area contributed by atoms with Crippen LogP contribution in [-0.4, -0.2) is 4.98 Å². The van der Waals surface area contributed by atoms with Crippen LogP contribution in [0.15, 0.2) is 54.0 Å². The first kappa shape index (κ1) is 12.9. The molecular formula is C16H13N3S2. The van der Waals surface area contributed by atoms with E-state index in [1.807, 2.05) is 12.3 Å². The van der Waals surface area contributed by atoms with Gasteiger partial charge in [-0.3, -0.25) is 10.8 Å². The molecule has 0 bridgehead atoms. The number of hydrazine groups is 1. The van der Waals surface area contributed by atoms with Crippen LogP contribution in [0.2, 0.25) is 0 Å². The minimum absolute atomic E-state index is 0.0341. The second kappa shape index (κ2) is 5.20. The Hall–Kier alpha value is -1.79. The number of hydrogen-bond acceptors (Lipinski definition) is 5. The lowest BCUT2D eigenvalue weighted by atomic mass is 10.0. The van der Waals surface area contributed by atoms with Gasteiger partial charge in [-0.25, -0.2) is 5.43 Å². The van der Waals surface area contributed by atoms with Gasteiger partial charge in [0, 0.05) is 31.4 Å². The minimum atomic E-state index is -0.0341. The Kier molecular flexibility index (Phi) is 3.20. The van der Waals surface area contributed by atoms with Gasteiger partial charge in [-0.1, -0.05) is 24.3 Å². The molecule has 4 rings (SSSR count). The summed E-state index contributed by atoms with van der Waals surface area (Å²) in [6.07, 6.45) is 1.83. The van der Waals surface area contributed by atoms with Crippen molar-refractivity contribution in [1.82, 2.24) is 10.4 Å². The molecule has 1 unspecified atom stereocenters. The summed E-state index contributed by atoms with van der Waals surface area (Å²) in [5.74, 6) is 5.85. The average molecular weight is 311 g/mol. The maximum atomic E-state index is 5.85. The topological polar surface area (TPSA) is 50.9 Å². The van der Waals surface area contributed by atoms with E-state index in [0.717, 1.165) is 16.5 Å². The maximum Gasteiger partial charge on any atom is 0.0824 e. The highest BCUT2D eigenvalue weighted by Gasteiger charge is 2.18. The Morgan fingerprint density at radius 1 is 1.10 bits per heavy atom. The van der Waals surface area contributed by atoms with Gasteiger partial charge in [0.15, 0.2) is 0 Å². The molecule has 0 saturated carbocycles. The summed E-state index contributed by atoms with van der Waals surface area (Å²) in [7, 11) is 0. The molecule has 0 spiro atoms. The molecule has 3 N–H and O–H groups in total. The number of hydrogen-bond donors (Lipinski definition) is 2. The average Bonchev–Trinajstić information content (AvgIpc) is 3.10. The smallest absolute Gasteiger partial charge is 0.0824 e. The molecule has 0 radical (unpaired) electrons. The number of nitrogens with two attached hydrogens (primary N) is 1. The fourth-order valence-corrected chi connectivity index (χ4v) is 4.81. The summed E-state index contributed by atoms with van der Waals surface area (Å²) >= 11 is 3.54. The summed E-state index contributed by atoms with van der Waals surface area (Å²) in [5.41, 5.74) is 5.07. The van der Waals surface area contributed by atoms with Gasteiger partial charge in [-0.15, -0.1) is 22.7 Å². The van der Waals surface area contributed by atoms with Gasteiger partial charge < -0.3 is 0 Å². The zero-order valence-corrected chi connectivity index (χ0v) is 12.7. The zero-order valence-electron chi connectivity index (χ0n) is 11.1. The second-order valence-corrected chi connectivity index (χ2v) is 6.88. The molecule has 0 saturated heterocycles. The fraction of sp³-hybridized carbons (Fsp3) is 0.0625. The summed E-state index contributed by atoms with van der Waals surface area (Å²) in [5, 5.41) is 3.25. The van der Waals surface area contributed by atoms with Gasteiger partial charge in [0.2, 0.25) is 0 Å². The Balaban J connectivity index is 1.90. The van der Waals surface area contributed by atoms with Gasteiger partial charge in [0.1, 0.15) is 0 Å². The first-order valence-corrected chi connectivity index (χ1v) is 8.33. The van der Waals surface area contributed by atoms with E-state index in [2.05, 4.69) is 52.2 Å².